The molecule has 0 atom stereocenters. The molecule has 0 saturated heterocycles. The first-order valence-electron chi connectivity index (χ1n) is 8.53. The van der Waals surface area contributed by atoms with Crippen LogP contribution in [-0.2, 0) is 10.9 Å². The van der Waals surface area contributed by atoms with E-state index < -0.39 is 17.6 Å². The van der Waals surface area contributed by atoms with Gasteiger partial charge in [0, 0.05) is 19.3 Å². The predicted octanol–water partition coefficient (Wildman–Crippen LogP) is 3.88. The monoisotopic (exact) mass is 406 g/mol. The summed E-state index contributed by atoms with van der Waals surface area (Å²) in [6.07, 6.45) is -4.40. The van der Waals surface area contributed by atoms with Crippen molar-refractivity contribution in [1.82, 2.24) is 15.5 Å². The van der Waals surface area contributed by atoms with Gasteiger partial charge in [0.15, 0.2) is 0 Å². The van der Waals surface area contributed by atoms with Crippen LogP contribution in [0.4, 0.5) is 24.5 Å². The Hall–Kier alpha value is -3.40. The van der Waals surface area contributed by atoms with Gasteiger partial charge in [-0.25, -0.2) is 0 Å². The number of benzene rings is 2. The zero-order chi connectivity index (χ0) is 20.9. The fourth-order valence-electron chi connectivity index (χ4n) is 2.44. The second kappa shape index (κ2) is 8.74. The van der Waals surface area contributed by atoms with Gasteiger partial charge in [0.05, 0.1) is 23.4 Å². The Morgan fingerprint density at radius 2 is 1.83 bits per heavy atom. The average Bonchev–Trinajstić information content (AvgIpc) is 3.18. The van der Waals surface area contributed by atoms with Gasteiger partial charge in [-0.05, 0) is 36.4 Å². The third kappa shape index (κ3) is 5.11. The van der Waals surface area contributed by atoms with E-state index in [9.17, 15) is 18.0 Å². The lowest BCUT2D eigenvalue weighted by molar-refractivity contribution is -0.137. The topological polar surface area (TPSA) is 89.3 Å². The van der Waals surface area contributed by atoms with Crippen molar-refractivity contribution in [3.05, 3.63) is 60.0 Å². The van der Waals surface area contributed by atoms with Gasteiger partial charge in [0.1, 0.15) is 0 Å². The highest BCUT2D eigenvalue weighted by molar-refractivity contribution is 5.90. The molecule has 0 radical (unpaired) electrons. The molecule has 10 heteroatoms. The van der Waals surface area contributed by atoms with Crippen molar-refractivity contribution in [3.8, 4) is 11.5 Å². The highest BCUT2D eigenvalue weighted by atomic mass is 19.4. The van der Waals surface area contributed by atoms with Gasteiger partial charge in [0.2, 0.25) is 5.89 Å². The van der Waals surface area contributed by atoms with E-state index in [1.165, 1.54) is 19.2 Å². The first-order chi connectivity index (χ1) is 13.9. The zero-order valence-electron chi connectivity index (χ0n) is 15.3. The first kappa shape index (κ1) is 20.3. The summed E-state index contributed by atoms with van der Waals surface area (Å²) in [7, 11) is 1.51. The molecular weight excluding hydrogens is 389 g/mol. The molecule has 1 aromatic heterocycles. The Balaban J connectivity index is 1.78. The third-order valence-electron chi connectivity index (χ3n) is 3.86. The van der Waals surface area contributed by atoms with E-state index in [0.29, 0.717) is 30.1 Å². The number of methoxy groups -OCH3 is 1. The van der Waals surface area contributed by atoms with E-state index in [0.717, 1.165) is 12.1 Å². The molecule has 3 rings (SSSR count). The Labute approximate surface area is 163 Å². The normalized spacial score (nSPS) is 11.3. The number of carbonyl (C=O) groups excluding carboxylic acids is 1. The Bertz CT molecular complexity index is 971. The van der Waals surface area contributed by atoms with Gasteiger partial charge < -0.3 is 19.8 Å². The number of halogens is 3. The van der Waals surface area contributed by atoms with E-state index >= 15 is 0 Å². The molecule has 2 aromatic carbocycles. The highest BCUT2D eigenvalue weighted by Crippen LogP contribution is 2.32. The van der Waals surface area contributed by atoms with E-state index in [1.807, 2.05) is 0 Å². The smallest absolute Gasteiger partial charge is 0.412 e. The number of hydrogen-bond donors (Lipinski definition) is 2. The molecule has 152 valence electrons. The molecule has 1 amide bonds. The lowest BCUT2D eigenvalue weighted by atomic mass is 10.1. The molecule has 0 saturated carbocycles. The fraction of sp³-hybridized carbons (Fsp3) is 0.211. The van der Waals surface area contributed by atoms with Crippen molar-refractivity contribution in [2.24, 2.45) is 0 Å². The van der Waals surface area contributed by atoms with Crippen molar-refractivity contribution >= 4 is 17.3 Å². The maximum absolute atomic E-state index is 12.7. The molecule has 29 heavy (non-hydrogen) atoms. The Morgan fingerprint density at radius 3 is 2.52 bits per heavy atom. The van der Waals surface area contributed by atoms with Crippen molar-refractivity contribution in [3.63, 3.8) is 0 Å². The summed E-state index contributed by atoms with van der Waals surface area (Å²) in [6, 6.07) is 11.5. The van der Waals surface area contributed by atoms with Gasteiger partial charge in [-0.1, -0.05) is 12.1 Å². The van der Waals surface area contributed by atoms with Crippen molar-refractivity contribution in [2.45, 2.75) is 6.18 Å². The van der Waals surface area contributed by atoms with Crippen LogP contribution in [0, 0.1) is 0 Å². The second-order valence-corrected chi connectivity index (χ2v) is 5.91. The minimum atomic E-state index is -4.40. The molecule has 0 aliphatic rings. The molecule has 7 nitrogen and oxygen atoms in total. The summed E-state index contributed by atoms with van der Waals surface area (Å²) >= 11 is 0. The number of amides is 1. The lowest BCUT2D eigenvalue weighted by Gasteiger charge is -2.11. The maximum Gasteiger partial charge on any atom is 0.416 e. The molecule has 0 spiro atoms. The fourth-order valence-corrected chi connectivity index (χ4v) is 2.44. The minimum Gasteiger partial charge on any atom is -0.412 e. The summed E-state index contributed by atoms with van der Waals surface area (Å²) in [4.78, 5) is 12.0. The van der Waals surface area contributed by atoms with Crippen LogP contribution in [0.3, 0.4) is 0 Å². The summed E-state index contributed by atoms with van der Waals surface area (Å²) in [6.45, 7) is 0.631. The number of carbonyl (C=O) groups is 1. The number of nitrogens with one attached hydrogen (secondary N) is 2. The standard InChI is InChI=1S/C19H17F3N4O3/c1-28-11-10-23-16(27)18-26-25-17(29-18)14-4-2-3-5-15(14)24-13-8-6-12(7-9-13)19(20,21)22/h2-9,24H,10-11H2,1H3,(H,23,27). The van der Waals surface area contributed by atoms with Crippen LogP contribution in [0.2, 0.25) is 0 Å². The first-order valence-corrected chi connectivity index (χ1v) is 8.53. The summed E-state index contributed by atoms with van der Waals surface area (Å²) in [5, 5.41) is 13.2. The van der Waals surface area contributed by atoms with E-state index in [-0.39, 0.29) is 11.8 Å². The number of para-hydroxylation sites is 1. The number of aromatic nitrogens is 2. The van der Waals surface area contributed by atoms with Crippen molar-refractivity contribution in [1.29, 1.82) is 0 Å². The number of ether oxygens (including phenoxy) is 1. The molecule has 2 N–H and O–H groups in total. The number of nitrogens with zero attached hydrogens (tertiary/aromatic N) is 2. The Morgan fingerprint density at radius 1 is 1.10 bits per heavy atom. The van der Waals surface area contributed by atoms with Crippen LogP contribution in [0.5, 0.6) is 0 Å². The quantitative estimate of drug-likeness (QED) is 0.579. The molecule has 0 aliphatic heterocycles. The molecule has 1 heterocycles. The molecular formula is C19H17F3N4O3. The largest absolute Gasteiger partial charge is 0.416 e. The van der Waals surface area contributed by atoms with Gasteiger partial charge >= 0.3 is 18.0 Å². The number of rotatable bonds is 7. The van der Waals surface area contributed by atoms with Crippen LogP contribution >= 0.6 is 0 Å². The summed E-state index contributed by atoms with van der Waals surface area (Å²) < 4.78 is 48.4. The highest BCUT2D eigenvalue weighted by Gasteiger charge is 2.30. The molecule has 0 fully saturated rings. The lowest BCUT2D eigenvalue weighted by Crippen LogP contribution is -2.27. The van der Waals surface area contributed by atoms with E-state index in [1.54, 1.807) is 24.3 Å². The maximum atomic E-state index is 12.7. The predicted molar refractivity (Wildman–Crippen MR) is 98.7 cm³/mol. The molecule has 0 bridgehead atoms. The zero-order valence-corrected chi connectivity index (χ0v) is 15.3. The molecule has 3 aromatic rings. The van der Waals surface area contributed by atoms with E-state index in [4.69, 9.17) is 9.15 Å². The third-order valence-corrected chi connectivity index (χ3v) is 3.86. The van der Waals surface area contributed by atoms with Gasteiger partial charge in [-0.3, -0.25) is 4.79 Å². The van der Waals surface area contributed by atoms with Crippen LogP contribution in [0.15, 0.2) is 52.9 Å². The summed E-state index contributed by atoms with van der Waals surface area (Å²) in [5.74, 6) is -0.647. The Kier molecular flexibility index (Phi) is 6.13. The van der Waals surface area contributed by atoms with Gasteiger partial charge in [-0.2, -0.15) is 13.2 Å². The van der Waals surface area contributed by atoms with Crippen LogP contribution in [0.1, 0.15) is 16.2 Å². The van der Waals surface area contributed by atoms with Crippen LogP contribution < -0.4 is 10.6 Å². The van der Waals surface area contributed by atoms with E-state index in [2.05, 4.69) is 20.8 Å². The van der Waals surface area contributed by atoms with Gasteiger partial charge in [-0.15, -0.1) is 10.2 Å². The average molecular weight is 406 g/mol. The molecule has 0 unspecified atom stereocenters. The number of anilines is 2. The second-order valence-electron chi connectivity index (χ2n) is 5.91. The number of alkyl halides is 3. The van der Waals surface area contributed by atoms with Crippen molar-refractivity contribution in [2.75, 3.05) is 25.6 Å². The summed E-state index contributed by atoms with van der Waals surface area (Å²) in [5.41, 5.74) is 0.734. The number of hydrogen-bond acceptors (Lipinski definition) is 6. The van der Waals surface area contributed by atoms with Crippen LogP contribution in [-0.4, -0.2) is 36.4 Å². The SMILES string of the molecule is COCCNC(=O)c1nnc(-c2ccccc2Nc2ccc(C(F)(F)F)cc2)o1. The van der Waals surface area contributed by atoms with Crippen molar-refractivity contribution < 1.29 is 27.1 Å². The molecule has 0 aliphatic carbocycles. The van der Waals surface area contributed by atoms with Gasteiger partial charge in [0.25, 0.3) is 0 Å². The minimum absolute atomic E-state index is 0.0944. The van der Waals surface area contributed by atoms with Crippen LogP contribution in [0.25, 0.3) is 11.5 Å².